The van der Waals surface area contributed by atoms with E-state index in [-0.39, 0.29) is 23.9 Å². The van der Waals surface area contributed by atoms with E-state index in [1.54, 1.807) is 6.07 Å². The Kier molecular flexibility index (Phi) is 7.20. The number of halogens is 1. The number of nitrogens with one attached hydrogen (secondary N) is 1. The molecule has 0 bridgehead atoms. The molecule has 3 N–H and O–H groups in total. The summed E-state index contributed by atoms with van der Waals surface area (Å²) in [5.74, 6) is 1.01. The number of anilines is 1. The summed E-state index contributed by atoms with van der Waals surface area (Å²) >= 11 is 0. The molecule has 3 rings (SSSR count). The van der Waals surface area contributed by atoms with Crippen molar-refractivity contribution >= 4 is 34.0 Å². The van der Waals surface area contributed by atoms with E-state index in [1.165, 1.54) is 11.1 Å². The SMILES string of the molecule is CN(C)C1=NC(c2cccc(NS(C)(=O)=O)c2)c2ccccc2C1.Cl.O. The zero-order valence-corrected chi connectivity index (χ0v) is 16.6. The summed E-state index contributed by atoms with van der Waals surface area (Å²) in [4.78, 5) is 6.93. The third-order valence-corrected chi connectivity index (χ3v) is 4.60. The van der Waals surface area contributed by atoms with Crippen LogP contribution in [0.1, 0.15) is 22.7 Å². The van der Waals surface area contributed by atoms with Crippen molar-refractivity contribution in [3.63, 3.8) is 0 Å². The molecule has 0 aliphatic carbocycles. The van der Waals surface area contributed by atoms with Crippen molar-refractivity contribution in [1.29, 1.82) is 0 Å². The van der Waals surface area contributed by atoms with Gasteiger partial charge in [0.15, 0.2) is 0 Å². The van der Waals surface area contributed by atoms with Gasteiger partial charge in [0, 0.05) is 26.2 Å². The van der Waals surface area contributed by atoms with E-state index in [0.29, 0.717) is 5.69 Å². The lowest BCUT2D eigenvalue weighted by molar-refractivity contribution is 0.592. The molecule has 0 spiro atoms. The molecule has 0 aromatic heterocycles. The molecule has 1 aliphatic heterocycles. The van der Waals surface area contributed by atoms with Gasteiger partial charge < -0.3 is 10.4 Å². The molecule has 0 saturated carbocycles. The van der Waals surface area contributed by atoms with E-state index >= 15 is 0 Å². The molecule has 6 nitrogen and oxygen atoms in total. The predicted molar refractivity (Wildman–Crippen MR) is 109 cm³/mol. The second kappa shape index (κ2) is 8.53. The van der Waals surface area contributed by atoms with Crippen molar-refractivity contribution in [3.8, 4) is 0 Å². The summed E-state index contributed by atoms with van der Waals surface area (Å²) in [5.41, 5.74) is 3.94. The Hall–Kier alpha value is -2.09. The first-order chi connectivity index (χ1) is 11.3. The van der Waals surface area contributed by atoms with Crippen LogP contribution in [0, 0.1) is 0 Å². The Bertz CT molecular complexity index is 898. The van der Waals surface area contributed by atoms with Crippen LogP contribution in [-0.4, -0.2) is 45.0 Å². The third kappa shape index (κ3) is 4.97. The third-order valence-electron chi connectivity index (χ3n) is 4.00. The fourth-order valence-corrected chi connectivity index (χ4v) is 3.47. The molecular formula is C18H24ClN3O3S. The molecule has 142 valence electrons. The van der Waals surface area contributed by atoms with E-state index in [4.69, 9.17) is 4.99 Å². The van der Waals surface area contributed by atoms with E-state index in [2.05, 4.69) is 16.9 Å². The molecule has 1 aliphatic rings. The summed E-state index contributed by atoms with van der Waals surface area (Å²) in [6, 6.07) is 15.6. The van der Waals surface area contributed by atoms with E-state index in [0.717, 1.165) is 24.1 Å². The van der Waals surface area contributed by atoms with Crippen molar-refractivity contribution in [2.45, 2.75) is 12.5 Å². The zero-order chi connectivity index (χ0) is 17.3. The second-order valence-corrected chi connectivity index (χ2v) is 7.97. The number of amidine groups is 1. The van der Waals surface area contributed by atoms with Gasteiger partial charge in [-0.25, -0.2) is 8.42 Å². The Morgan fingerprint density at radius 3 is 2.46 bits per heavy atom. The van der Waals surface area contributed by atoms with Crippen LogP contribution in [-0.2, 0) is 16.4 Å². The molecule has 26 heavy (non-hydrogen) atoms. The summed E-state index contributed by atoms with van der Waals surface area (Å²) in [6.45, 7) is 0. The first-order valence-electron chi connectivity index (χ1n) is 7.73. The number of nitrogens with zero attached hydrogens (tertiary/aromatic N) is 2. The van der Waals surface area contributed by atoms with Gasteiger partial charge in [0.2, 0.25) is 10.0 Å². The lowest BCUT2D eigenvalue weighted by Crippen LogP contribution is -2.28. The highest BCUT2D eigenvalue weighted by atomic mass is 35.5. The summed E-state index contributed by atoms with van der Waals surface area (Å²) in [5, 5.41) is 0. The molecule has 0 fully saturated rings. The summed E-state index contributed by atoms with van der Waals surface area (Å²) in [7, 11) is 0.680. The maximum absolute atomic E-state index is 11.5. The normalized spacial score (nSPS) is 15.7. The van der Waals surface area contributed by atoms with Crippen LogP contribution >= 0.6 is 12.4 Å². The number of fused-ring (bicyclic) bond motifs is 1. The first kappa shape index (κ1) is 22.0. The maximum atomic E-state index is 11.5. The Morgan fingerprint density at radius 2 is 1.81 bits per heavy atom. The molecule has 8 heteroatoms. The summed E-state index contributed by atoms with van der Waals surface area (Å²) in [6.07, 6.45) is 1.96. The monoisotopic (exact) mass is 397 g/mol. The molecule has 2 aromatic carbocycles. The molecular weight excluding hydrogens is 374 g/mol. The van der Waals surface area contributed by atoms with Crippen LogP contribution in [0.5, 0.6) is 0 Å². The van der Waals surface area contributed by atoms with Crippen molar-refractivity contribution in [2.24, 2.45) is 4.99 Å². The molecule has 0 saturated heterocycles. The molecule has 1 unspecified atom stereocenters. The quantitative estimate of drug-likeness (QED) is 0.860. The van der Waals surface area contributed by atoms with Crippen molar-refractivity contribution in [2.75, 3.05) is 25.1 Å². The van der Waals surface area contributed by atoms with Gasteiger partial charge in [-0.3, -0.25) is 9.71 Å². The highest BCUT2D eigenvalue weighted by molar-refractivity contribution is 7.92. The zero-order valence-electron chi connectivity index (χ0n) is 14.9. The van der Waals surface area contributed by atoms with Gasteiger partial charge in [-0.15, -0.1) is 12.4 Å². The van der Waals surface area contributed by atoms with Crippen LogP contribution in [0.2, 0.25) is 0 Å². The minimum Gasteiger partial charge on any atom is -0.412 e. The van der Waals surface area contributed by atoms with Crippen LogP contribution < -0.4 is 4.72 Å². The van der Waals surface area contributed by atoms with Gasteiger partial charge in [-0.2, -0.15) is 0 Å². The highest BCUT2D eigenvalue weighted by Gasteiger charge is 2.23. The number of hydrogen-bond acceptors (Lipinski definition) is 4. The predicted octanol–water partition coefficient (Wildman–Crippen LogP) is 2.26. The van der Waals surface area contributed by atoms with Gasteiger partial charge in [0.05, 0.1) is 6.26 Å². The molecule has 0 radical (unpaired) electrons. The number of aliphatic imine (C=N–C) groups is 1. The van der Waals surface area contributed by atoms with Crippen LogP contribution in [0.25, 0.3) is 0 Å². The smallest absolute Gasteiger partial charge is 0.229 e. The number of sulfonamides is 1. The lowest BCUT2D eigenvalue weighted by atomic mass is 9.90. The number of rotatable bonds is 3. The molecule has 1 atom stereocenters. The van der Waals surface area contributed by atoms with Crippen molar-refractivity contribution in [3.05, 3.63) is 65.2 Å². The summed E-state index contributed by atoms with van der Waals surface area (Å²) < 4.78 is 25.5. The van der Waals surface area contributed by atoms with E-state index < -0.39 is 10.0 Å². The minimum absolute atomic E-state index is 0. The molecule has 2 aromatic rings. The van der Waals surface area contributed by atoms with Crippen LogP contribution in [0.15, 0.2) is 53.5 Å². The van der Waals surface area contributed by atoms with Crippen molar-refractivity contribution in [1.82, 2.24) is 4.90 Å². The molecule has 0 amide bonds. The average molecular weight is 398 g/mol. The Balaban J connectivity index is 0.00000169. The van der Waals surface area contributed by atoms with E-state index in [1.807, 2.05) is 49.3 Å². The average Bonchev–Trinajstić information content (AvgIpc) is 2.52. The van der Waals surface area contributed by atoms with E-state index in [9.17, 15) is 8.42 Å². The van der Waals surface area contributed by atoms with Gasteiger partial charge in [-0.1, -0.05) is 36.4 Å². The number of benzene rings is 2. The van der Waals surface area contributed by atoms with Gasteiger partial charge in [0.25, 0.3) is 0 Å². The highest BCUT2D eigenvalue weighted by Crippen LogP contribution is 2.34. The minimum atomic E-state index is -3.30. The van der Waals surface area contributed by atoms with Gasteiger partial charge >= 0.3 is 0 Å². The molecule has 1 heterocycles. The second-order valence-electron chi connectivity index (χ2n) is 6.22. The fraction of sp³-hybridized carbons (Fsp3) is 0.278. The number of likely N-dealkylation sites (N-methyl/N-ethyl adjacent to an activating group) is 1. The van der Waals surface area contributed by atoms with Crippen molar-refractivity contribution < 1.29 is 13.9 Å². The Labute approximate surface area is 160 Å². The topological polar surface area (TPSA) is 93.3 Å². The first-order valence-corrected chi connectivity index (χ1v) is 9.62. The lowest BCUT2D eigenvalue weighted by Gasteiger charge is -2.28. The van der Waals surface area contributed by atoms with Crippen LogP contribution in [0.3, 0.4) is 0 Å². The fourth-order valence-electron chi connectivity index (χ4n) is 2.91. The standard InChI is InChI=1S/C18H21N3O2S.ClH.H2O/c1-21(2)17-12-13-7-4-5-10-16(13)18(19-17)14-8-6-9-15(11-14)20-24(3,22)23;;/h4-11,18,20H,12H2,1-3H3;1H;1H2. The Morgan fingerprint density at radius 1 is 1.12 bits per heavy atom. The maximum Gasteiger partial charge on any atom is 0.229 e. The van der Waals surface area contributed by atoms with Gasteiger partial charge in [-0.05, 0) is 28.8 Å². The van der Waals surface area contributed by atoms with Crippen LogP contribution in [0.4, 0.5) is 5.69 Å². The largest absolute Gasteiger partial charge is 0.412 e. The number of hydrogen-bond donors (Lipinski definition) is 1. The van der Waals surface area contributed by atoms with Gasteiger partial charge in [0.1, 0.15) is 11.9 Å².